The summed E-state index contributed by atoms with van der Waals surface area (Å²) < 4.78 is 17.6. The van der Waals surface area contributed by atoms with Crippen LogP contribution in [0.1, 0.15) is 15.9 Å². The third-order valence-electron chi connectivity index (χ3n) is 2.22. The normalized spacial score (nSPS) is 10.1. The number of nitrogens with one attached hydrogen (secondary N) is 1. The molecule has 1 aromatic heterocycles. The predicted molar refractivity (Wildman–Crippen MR) is 57.8 cm³/mol. The summed E-state index contributed by atoms with van der Waals surface area (Å²) >= 11 is 0. The van der Waals surface area contributed by atoms with Crippen LogP contribution in [0.4, 0.5) is 10.1 Å². The van der Waals surface area contributed by atoms with E-state index in [9.17, 15) is 9.18 Å². The largest absolute Gasteiger partial charge is 0.472 e. The molecule has 1 N–H and O–H groups in total. The molecule has 0 fully saturated rings. The Morgan fingerprint density at radius 3 is 2.81 bits per heavy atom. The maximum Gasteiger partial charge on any atom is 0.258 e. The van der Waals surface area contributed by atoms with Gasteiger partial charge in [0.2, 0.25) is 0 Å². The van der Waals surface area contributed by atoms with Crippen molar-refractivity contribution in [3.05, 3.63) is 53.7 Å². The van der Waals surface area contributed by atoms with Crippen molar-refractivity contribution in [2.45, 2.75) is 6.92 Å². The molecule has 2 aromatic rings. The third kappa shape index (κ3) is 2.11. The molecule has 3 nitrogen and oxygen atoms in total. The molecule has 0 spiro atoms. The summed E-state index contributed by atoms with van der Waals surface area (Å²) in [7, 11) is 0. The van der Waals surface area contributed by atoms with Gasteiger partial charge < -0.3 is 9.73 Å². The van der Waals surface area contributed by atoms with Gasteiger partial charge in [0, 0.05) is 5.69 Å². The molecule has 1 amide bonds. The first kappa shape index (κ1) is 10.4. The van der Waals surface area contributed by atoms with Crippen LogP contribution in [-0.4, -0.2) is 5.91 Å². The van der Waals surface area contributed by atoms with Crippen LogP contribution >= 0.6 is 0 Å². The van der Waals surface area contributed by atoms with E-state index < -0.39 is 0 Å². The maximum absolute atomic E-state index is 12.8. The maximum atomic E-state index is 12.8. The number of anilines is 1. The summed E-state index contributed by atoms with van der Waals surface area (Å²) in [6.07, 6.45) is 2.78. The first-order valence-electron chi connectivity index (χ1n) is 4.76. The molecular weight excluding hydrogens is 209 g/mol. The van der Waals surface area contributed by atoms with Crippen molar-refractivity contribution in [1.82, 2.24) is 0 Å². The minimum absolute atomic E-state index is 0.275. The number of carbonyl (C=O) groups is 1. The fraction of sp³-hybridized carbons (Fsp3) is 0.0833. The molecule has 16 heavy (non-hydrogen) atoms. The zero-order chi connectivity index (χ0) is 11.5. The van der Waals surface area contributed by atoms with E-state index in [1.54, 1.807) is 13.0 Å². The highest BCUT2D eigenvalue weighted by molar-refractivity contribution is 6.04. The van der Waals surface area contributed by atoms with E-state index in [2.05, 4.69) is 5.32 Å². The Balaban J connectivity index is 2.18. The number of furan rings is 1. The van der Waals surface area contributed by atoms with Gasteiger partial charge in [0.15, 0.2) is 0 Å². The molecule has 4 heteroatoms. The summed E-state index contributed by atoms with van der Waals surface area (Å²) in [4.78, 5) is 11.6. The van der Waals surface area contributed by atoms with Crippen LogP contribution in [0.2, 0.25) is 0 Å². The number of hydrogen-bond acceptors (Lipinski definition) is 2. The van der Waals surface area contributed by atoms with Crippen molar-refractivity contribution >= 4 is 11.6 Å². The van der Waals surface area contributed by atoms with Gasteiger partial charge in [-0.2, -0.15) is 0 Å². The standard InChI is InChI=1S/C12H10FNO2/c1-8-6-10(13)2-3-11(8)14-12(15)9-4-5-16-7-9/h2-7H,1H3,(H,14,15). The molecule has 0 aliphatic rings. The van der Waals surface area contributed by atoms with Gasteiger partial charge in [0.25, 0.3) is 5.91 Å². The highest BCUT2D eigenvalue weighted by Crippen LogP contribution is 2.16. The topological polar surface area (TPSA) is 42.2 Å². The quantitative estimate of drug-likeness (QED) is 0.843. The lowest BCUT2D eigenvalue weighted by atomic mass is 10.2. The number of amides is 1. The van der Waals surface area contributed by atoms with Crippen LogP contribution in [0.3, 0.4) is 0 Å². The Morgan fingerprint density at radius 1 is 1.38 bits per heavy atom. The fourth-order valence-corrected chi connectivity index (χ4v) is 1.36. The minimum Gasteiger partial charge on any atom is -0.472 e. The predicted octanol–water partition coefficient (Wildman–Crippen LogP) is 2.98. The van der Waals surface area contributed by atoms with Crippen molar-refractivity contribution in [1.29, 1.82) is 0 Å². The SMILES string of the molecule is Cc1cc(F)ccc1NC(=O)c1ccoc1. The van der Waals surface area contributed by atoms with E-state index in [0.29, 0.717) is 16.8 Å². The average Bonchev–Trinajstić information content (AvgIpc) is 2.75. The lowest BCUT2D eigenvalue weighted by Crippen LogP contribution is -2.11. The molecule has 0 radical (unpaired) electrons. The summed E-state index contributed by atoms with van der Waals surface area (Å²) in [5.74, 6) is -0.595. The number of halogens is 1. The molecular formula is C12H10FNO2. The van der Waals surface area contributed by atoms with Crippen LogP contribution in [0.25, 0.3) is 0 Å². The third-order valence-corrected chi connectivity index (χ3v) is 2.22. The molecule has 1 heterocycles. The Morgan fingerprint density at radius 2 is 2.19 bits per heavy atom. The van der Waals surface area contributed by atoms with Crippen molar-refractivity contribution in [2.75, 3.05) is 5.32 Å². The molecule has 0 bridgehead atoms. The van der Waals surface area contributed by atoms with Crippen molar-refractivity contribution in [3.8, 4) is 0 Å². The van der Waals surface area contributed by atoms with Crippen LogP contribution in [0, 0.1) is 12.7 Å². The smallest absolute Gasteiger partial charge is 0.258 e. The minimum atomic E-state index is -0.321. The van der Waals surface area contributed by atoms with Crippen molar-refractivity contribution in [3.63, 3.8) is 0 Å². The highest BCUT2D eigenvalue weighted by atomic mass is 19.1. The zero-order valence-corrected chi connectivity index (χ0v) is 8.66. The van der Waals surface area contributed by atoms with E-state index >= 15 is 0 Å². The summed E-state index contributed by atoms with van der Waals surface area (Å²) in [6.45, 7) is 1.73. The number of benzene rings is 1. The van der Waals surface area contributed by atoms with E-state index in [-0.39, 0.29) is 11.7 Å². The Bertz CT molecular complexity index is 506. The average molecular weight is 219 g/mol. The Labute approximate surface area is 91.9 Å². The highest BCUT2D eigenvalue weighted by Gasteiger charge is 2.08. The molecule has 0 saturated heterocycles. The summed E-state index contributed by atoms with van der Waals surface area (Å²) in [5, 5.41) is 2.67. The second-order valence-electron chi connectivity index (χ2n) is 3.43. The van der Waals surface area contributed by atoms with E-state index in [1.165, 1.54) is 30.7 Å². The van der Waals surface area contributed by atoms with Crippen LogP contribution < -0.4 is 5.32 Å². The second kappa shape index (κ2) is 4.18. The van der Waals surface area contributed by atoms with Crippen molar-refractivity contribution < 1.29 is 13.6 Å². The molecule has 1 aromatic carbocycles. The lowest BCUT2D eigenvalue weighted by Gasteiger charge is -2.06. The van der Waals surface area contributed by atoms with E-state index in [1.807, 2.05) is 0 Å². The first-order valence-corrected chi connectivity index (χ1v) is 4.76. The molecule has 82 valence electrons. The van der Waals surface area contributed by atoms with Gasteiger partial charge in [-0.25, -0.2) is 4.39 Å². The van der Waals surface area contributed by atoms with Crippen LogP contribution in [-0.2, 0) is 0 Å². The zero-order valence-electron chi connectivity index (χ0n) is 8.66. The van der Waals surface area contributed by atoms with Crippen molar-refractivity contribution in [2.24, 2.45) is 0 Å². The molecule has 0 unspecified atom stereocenters. The van der Waals surface area contributed by atoms with Gasteiger partial charge in [0.1, 0.15) is 12.1 Å². The number of hydrogen-bond donors (Lipinski definition) is 1. The number of carbonyl (C=O) groups excluding carboxylic acids is 1. The summed E-state index contributed by atoms with van der Waals surface area (Å²) in [6, 6.07) is 5.76. The van der Waals surface area contributed by atoms with E-state index in [0.717, 1.165) is 0 Å². The Kier molecular flexibility index (Phi) is 2.72. The first-order chi connectivity index (χ1) is 7.66. The van der Waals surface area contributed by atoms with Crippen LogP contribution in [0.5, 0.6) is 0 Å². The molecule has 0 saturated carbocycles. The number of aryl methyl sites for hydroxylation is 1. The lowest BCUT2D eigenvalue weighted by molar-refractivity contribution is 0.102. The van der Waals surface area contributed by atoms with Gasteiger partial charge in [-0.1, -0.05) is 0 Å². The molecule has 0 aliphatic heterocycles. The van der Waals surface area contributed by atoms with E-state index in [4.69, 9.17) is 4.42 Å². The van der Waals surface area contributed by atoms with Gasteiger partial charge in [-0.05, 0) is 36.8 Å². The molecule has 2 rings (SSSR count). The molecule has 0 aliphatic carbocycles. The van der Waals surface area contributed by atoms with Gasteiger partial charge in [-0.15, -0.1) is 0 Å². The number of rotatable bonds is 2. The summed E-state index contributed by atoms with van der Waals surface area (Å²) in [5.41, 5.74) is 1.70. The van der Waals surface area contributed by atoms with Gasteiger partial charge >= 0.3 is 0 Å². The monoisotopic (exact) mass is 219 g/mol. The van der Waals surface area contributed by atoms with Crippen LogP contribution in [0.15, 0.2) is 41.2 Å². The molecule has 0 atom stereocenters. The second-order valence-corrected chi connectivity index (χ2v) is 3.43. The fourth-order valence-electron chi connectivity index (χ4n) is 1.36. The Hall–Kier alpha value is -2.10. The van der Waals surface area contributed by atoms with Gasteiger partial charge in [0.05, 0.1) is 11.8 Å². The van der Waals surface area contributed by atoms with Gasteiger partial charge in [-0.3, -0.25) is 4.79 Å².